The summed E-state index contributed by atoms with van der Waals surface area (Å²) in [6, 6.07) is 26.7. The van der Waals surface area contributed by atoms with Gasteiger partial charge in [-0.25, -0.2) is 14.5 Å². The first-order valence-electron chi connectivity index (χ1n) is 19.1. The number of methoxy groups -OCH3 is 1. The fourth-order valence-corrected chi connectivity index (χ4v) is 8.82. The van der Waals surface area contributed by atoms with Gasteiger partial charge in [-0.3, -0.25) is 19.3 Å². The van der Waals surface area contributed by atoms with E-state index in [1.165, 1.54) is 13.2 Å². The summed E-state index contributed by atoms with van der Waals surface area (Å²) in [7, 11) is 1.21. The molecule has 0 aromatic heterocycles. The number of carbonyl (C=O) groups excluding carboxylic acids is 5. The molecule has 3 heterocycles. The maximum Gasteiger partial charge on any atom is 0.329 e. The molecule has 2 saturated heterocycles. The van der Waals surface area contributed by atoms with Crippen LogP contribution in [0, 0.1) is 11.8 Å². The van der Waals surface area contributed by atoms with E-state index < -0.39 is 77.4 Å². The number of para-hydroxylation sites is 1. The second kappa shape index (κ2) is 16.7. The van der Waals surface area contributed by atoms with Crippen molar-refractivity contribution < 1.29 is 48.0 Å². The first-order valence-corrected chi connectivity index (χ1v) is 19.1. The van der Waals surface area contributed by atoms with E-state index in [1.54, 1.807) is 62.4 Å². The van der Waals surface area contributed by atoms with Crippen LogP contribution in [0.3, 0.4) is 0 Å². The van der Waals surface area contributed by atoms with E-state index >= 15 is 4.79 Å². The maximum absolute atomic E-state index is 16.0. The first kappa shape index (κ1) is 39.9. The summed E-state index contributed by atoms with van der Waals surface area (Å²) in [5, 5.41) is 12.3. The minimum Gasteiger partial charge on any atom is -0.491 e. The summed E-state index contributed by atoms with van der Waals surface area (Å²) in [6.45, 7) is 6.65. The van der Waals surface area contributed by atoms with Gasteiger partial charge in [-0.05, 0) is 46.4 Å². The molecular weight excluding hydrogens is 743 g/mol. The molecular formula is C45H45N3O10. The van der Waals surface area contributed by atoms with E-state index in [1.807, 2.05) is 65.6 Å². The molecule has 3 aliphatic rings. The Labute approximate surface area is 336 Å². The van der Waals surface area contributed by atoms with Crippen LogP contribution in [-0.4, -0.2) is 78.9 Å². The van der Waals surface area contributed by atoms with Crippen LogP contribution in [0.5, 0.6) is 5.75 Å². The Hall–Kier alpha value is -6.31. The van der Waals surface area contributed by atoms with Crippen LogP contribution < -0.4 is 15.0 Å². The van der Waals surface area contributed by atoms with Crippen LogP contribution in [0.1, 0.15) is 54.3 Å². The molecule has 3 aliphatic heterocycles. The average Bonchev–Trinajstić information content (AvgIpc) is 3.70. The van der Waals surface area contributed by atoms with Crippen molar-refractivity contribution in [2.24, 2.45) is 11.8 Å². The van der Waals surface area contributed by atoms with Crippen molar-refractivity contribution >= 4 is 35.5 Å². The quantitative estimate of drug-likeness (QED) is 0.108. The summed E-state index contributed by atoms with van der Waals surface area (Å²) < 4.78 is 23.1. The highest BCUT2D eigenvalue weighted by atomic mass is 16.6. The third-order valence-electron chi connectivity index (χ3n) is 11.1. The van der Waals surface area contributed by atoms with Gasteiger partial charge in [0, 0.05) is 0 Å². The summed E-state index contributed by atoms with van der Waals surface area (Å²) in [4.78, 5) is 76.0. The summed E-state index contributed by atoms with van der Waals surface area (Å²) in [5.74, 6) is -4.83. The van der Waals surface area contributed by atoms with Crippen LogP contribution in [0.2, 0.25) is 0 Å². The van der Waals surface area contributed by atoms with Gasteiger partial charge in [-0.1, -0.05) is 117 Å². The van der Waals surface area contributed by atoms with Crippen molar-refractivity contribution in [3.63, 3.8) is 0 Å². The Balaban J connectivity index is 1.54. The standard InChI is InChI=1S/C45H45N3O10/c1-5-24-57-40(50)34-37-42(52)58-38(29-17-10-7-11-18-29)36(28-15-8-6-9-16-28)48(37)39(30-19-14-20-31(26-30)56-25-23-49)45(34)32-21-12-13-22-33(32)47(43(45)53)44(54)46-35(27(2)3)41(51)55-4/h5-22,26-27,34-39,49H,1,23-25H2,2-4H3,(H,46,54)/t34-,35+,36-,37-,38+,39+,45-/m1/s1. The highest BCUT2D eigenvalue weighted by Gasteiger charge is 2.76. The number of anilines is 1. The topological polar surface area (TPSA) is 161 Å². The van der Waals surface area contributed by atoms with Crippen LogP contribution >= 0.6 is 0 Å². The Kier molecular flexibility index (Phi) is 11.5. The number of ether oxygens (including phenoxy) is 4. The molecule has 300 valence electrons. The number of urea groups is 1. The Bertz CT molecular complexity index is 2200. The van der Waals surface area contributed by atoms with Gasteiger partial charge >= 0.3 is 23.9 Å². The fourth-order valence-electron chi connectivity index (χ4n) is 8.82. The van der Waals surface area contributed by atoms with Crippen LogP contribution in [0.4, 0.5) is 10.5 Å². The molecule has 58 heavy (non-hydrogen) atoms. The Morgan fingerprint density at radius 3 is 2.21 bits per heavy atom. The number of morpholine rings is 1. The number of rotatable bonds is 12. The number of esters is 3. The van der Waals surface area contributed by atoms with Crippen LogP contribution in [0.15, 0.2) is 122 Å². The molecule has 3 amide bonds. The zero-order valence-electron chi connectivity index (χ0n) is 32.4. The lowest BCUT2D eigenvalue weighted by Gasteiger charge is -2.46. The lowest BCUT2D eigenvalue weighted by atomic mass is 9.65. The number of imide groups is 1. The molecule has 0 bridgehead atoms. The first-order chi connectivity index (χ1) is 28.1. The molecule has 0 unspecified atom stereocenters. The molecule has 7 rings (SSSR count). The monoisotopic (exact) mass is 787 g/mol. The number of hydrogen-bond acceptors (Lipinski definition) is 11. The number of hydrogen-bond donors (Lipinski definition) is 2. The zero-order valence-corrected chi connectivity index (χ0v) is 32.4. The number of amides is 3. The molecule has 13 heteroatoms. The molecule has 2 fully saturated rings. The van der Waals surface area contributed by atoms with Gasteiger partial charge in [0.25, 0.3) is 0 Å². The van der Waals surface area contributed by atoms with E-state index in [-0.39, 0.29) is 31.1 Å². The van der Waals surface area contributed by atoms with E-state index in [2.05, 4.69) is 11.9 Å². The van der Waals surface area contributed by atoms with Gasteiger partial charge in [0.2, 0.25) is 5.91 Å². The van der Waals surface area contributed by atoms with Gasteiger partial charge in [-0.15, -0.1) is 0 Å². The third-order valence-corrected chi connectivity index (χ3v) is 11.1. The smallest absolute Gasteiger partial charge is 0.329 e. The largest absolute Gasteiger partial charge is 0.491 e. The van der Waals surface area contributed by atoms with Crippen molar-refractivity contribution in [1.82, 2.24) is 10.2 Å². The fraction of sp³-hybridized carbons (Fsp3) is 0.311. The zero-order chi connectivity index (χ0) is 41.1. The Morgan fingerprint density at radius 2 is 1.55 bits per heavy atom. The number of aliphatic hydroxyl groups is 1. The Morgan fingerprint density at radius 1 is 0.897 bits per heavy atom. The number of aliphatic hydroxyl groups excluding tert-OH is 1. The predicted molar refractivity (Wildman–Crippen MR) is 211 cm³/mol. The predicted octanol–water partition coefficient (Wildman–Crippen LogP) is 5.36. The number of carbonyl (C=O) groups is 5. The molecule has 7 atom stereocenters. The minimum atomic E-state index is -2.03. The molecule has 2 N–H and O–H groups in total. The third kappa shape index (κ3) is 6.69. The van der Waals surface area contributed by atoms with Crippen molar-refractivity contribution in [2.75, 3.05) is 31.8 Å². The van der Waals surface area contributed by atoms with Crippen molar-refractivity contribution in [1.29, 1.82) is 0 Å². The molecule has 13 nitrogen and oxygen atoms in total. The van der Waals surface area contributed by atoms with Gasteiger partial charge in [-0.2, -0.15) is 0 Å². The summed E-state index contributed by atoms with van der Waals surface area (Å²) in [6.07, 6.45) is 0.471. The SMILES string of the molecule is C=CCOC(=O)[C@H]1[C@@H]2C(=O)O[C@@H](c3ccccc3)[C@@H](c3ccccc3)N2[C@@H](c2cccc(OCCO)c2)[C@]12C(=O)N(C(=O)N[C@H](C(=O)OC)C(C)C)c1ccccc12. The number of benzene rings is 4. The highest BCUT2D eigenvalue weighted by molar-refractivity contribution is 6.24. The van der Waals surface area contributed by atoms with E-state index in [0.717, 1.165) is 10.5 Å². The molecule has 4 aromatic rings. The van der Waals surface area contributed by atoms with E-state index in [9.17, 15) is 24.3 Å². The molecule has 1 spiro atoms. The number of fused-ring (bicyclic) bond motifs is 3. The van der Waals surface area contributed by atoms with Gasteiger partial charge in [0.15, 0.2) is 0 Å². The van der Waals surface area contributed by atoms with Crippen LogP contribution in [0.25, 0.3) is 0 Å². The molecule has 0 radical (unpaired) electrons. The second-order valence-electron chi connectivity index (χ2n) is 14.7. The molecule has 4 aromatic carbocycles. The normalized spacial score (nSPS) is 24.1. The van der Waals surface area contributed by atoms with Gasteiger partial charge in [0.1, 0.15) is 48.5 Å². The molecule has 0 saturated carbocycles. The van der Waals surface area contributed by atoms with E-state index in [0.29, 0.717) is 16.9 Å². The van der Waals surface area contributed by atoms with Gasteiger partial charge < -0.3 is 29.4 Å². The van der Waals surface area contributed by atoms with Crippen LogP contribution in [-0.2, 0) is 38.8 Å². The average molecular weight is 788 g/mol. The van der Waals surface area contributed by atoms with Crippen molar-refractivity contribution in [3.05, 3.63) is 144 Å². The van der Waals surface area contributed by atoms with Crippen molar-refractivity contribution in [2.45, 2.75) is 49.5 Å². The van der Waals surface area contributed by atoms with Gasteiger partial charge in [0.05, 0.1) is 31.5 Å². The number of nitrogens with one attached hydrogen (secondary N) is 1. The molecule has 0 aliphatic carbocycles. The summed E-state index contributed by atoms with van der Waals surface area (Å²) in [5.41, 5.74) is 0.292. The summed E-state index contributed by atoms with van der Waals surface area (Å²) >= 11 is 0. The number of nitrogens with zero attached hydrogens (tertiary/aromatic N) is 2. The highest BCUT2D eigenvalue weighted by Crippen LogP contribution is 2.66. The van der Waals surface area contributed by atoms with E-state index in [4.69, 9.17) is 18.9 Å². The maximum atomic E-state index is 16.0. The minimum absolute atomic E-state index is 0.0237. The second-order valence-corrected chi connectivity index (χ2v) is 14.7. The lowest BCUT2D eigenvalue weighted by molar-refractivity contribution is -0.180. The van der Waals surface area contributed by atoms with Crippen molar-refractivity contribution in [3.8, 4) is 5.75 Å². The lowest BCUT2D eigenvalue weighted by Crippen LogP contribution is -2.56. The number of cyclic esters (lactones) is 1.